The number of rotatable bonds is 4. The lowest BCUT2D eigenvalue weighted by Crippen LogP contribution is -2.17. The summed E-state index contributed by atoms with van der Waals surface area (Å²) in [5.74, 6) is 1.79. The van der Waals surface area contributed by atoms with Crippen molar-refractivity contribution < 1.29 is 14.2 Å². The maximum absolute atomic E-state index is 6.23. The van der Waals surface area contributed by atoms with Crippen LogP contribution in [0, 0.1) is 0 Å². The van der Waals surface area contributed by atoms with Crippen LogP contribution in [0.5, 0.6) is 17.2 Å². The van der Waals surface area contributed by atoms with Crippen molar-refractivity contribution in [2.75, 3.05) is 26.6 Å². The third-order valence-electron chi connectivity index (χ3n) is 4.32. The Bertz CT molecular complexity index is 836. The number of ether oxygens (including phenoxy) is 3. The SMILES string of the molecule is C=C1CC(c2ccc(Cl)c(Cl)c2)c2c(cc(OC)c(OC)c2OC)N1. The predicted octanol–water partition coefficient (Wildman–Crippen LogP) is 5.48. The lowest BCUT2D eigenvalue weighted by Gasteiger charge is -2.31. The van der Waals surface area contributed by atoms with Crippen LogP contribution in [-0.4, -0.2) is 21.3 Å². The predicted molar refractivity (Wildman–Crippen MR) is 102 cm³/mol. The summed E-state index contributed by atoms with van der Waals surface area (Å²) in [6.45, 7) is 4.10. The molecule has 6 heteroatoms. The van der Waals surface area contributed by atoms with E-state index in [9.17, 15) is 0 Å². The molecule has 0 amide bonds. The molecule has 1 atom stereocenters. The third kappa shape index (κ3) is 3.12. The Hall–Kier alpha value is -2.04. The number of methoxy groups -OCH3 is 3. The van der Waals surface area contributed by atoms with Crippen molar-refractivity contribution in [3.63, 3.8) is 0 Å². The smallest absolute Gasteiger partial charge is 0.203 e. The molecular formula is C19H19Cl2NO3. The van der Waals surface area contributed by atoms with Gasteiger partial charge in [-0.3, -0.25) is 0 Å². The van der Waals surface area contributed by atoms with Gasteiger partial charge < -0.3 is 19.5 Å². The van der Waals surface area contributed by atoms with E-state index in [1.807, 2.05) is 18.2 Å². The van der Waals surface area contributed by atoms with Crippen molar-refractivity contribution in [3.05, 3.63) is 57.7 Å². The zero-order valence-corrected chi connectivity index (χ0v) is 15.8. The van der Waals surface area contributed by atoms with E-state index < -0.39 is 0 Å². The molecule has 4 nitrogen and oxygen atoms in total. The van der Waals surface area contributed by atoms with Crippen LogP contribution in [0.1, 0.15) is 23.5 Å². The van der Waals surface area contributed by atoms with Crippen LogP contribution in [0.2, 0.25) is 10.0 Å². The molecule has 0 fully saturated rings. The molecule has 0 saturated carbocycles. The number of halogens is 2. The van der Waals surface area contributed by atoms with Gasteiger partial charge in [0, 0.05) is 28.9 Å². The molecule has 1 heterocycles. The van der Waals surface area contributed by atoms with E-state index in [1.165, 1.54) is 0 Å². The number of fused-ring (bicyclic) bond motifs is 1. The van der Waals surface area contributed by atoms with Crippen molar-refractivity contribution in [1.29, 1.82) is 0 Å². The molecule has 1 aliphatic heterocycles. The molecule has 1 N–H and O–H groups in total. The highest BCUT2D eigenvalue weighted by molar-refractivity contribution is 6.42. The van der Waals surface area contributed by atoms with Gasteiger partial charge in [-0.05, 0) is 24.1 Å². The quantitative estimate of drug-likeness (QED) is 0.763. The first kappa shape index (κ1) is 17.8. The lowest BCUT2D eigenvalue weighted by atomic mass is 9.83. The van der Waals surface area contributed by atoms with Crippen LogP contribution in [-0.2, 0) is 0 Å². The average Bonchev–Trinajstić information content (AvgIpc) is 2.61. The minimum absolute atomic E-state index is 0.00766. The maximum atomic E-state index is 6.23. The van der Waals surface area contributed by atoms with E-state index >= 15 is 0 Å². The van der Waals surface area contributed by atoms with Gasteiger partial charge in [0.1, 0.15) is 0 Å². The monoisotopic (exact) mass is 379 g/mol. The highest BCUT2D eigenvalue weighted by Crippen LogP contribution is 2.52. The summed E-state index contributed by atoms with van der Waals surface area (Å²) in [7, 11) is 4.81. The molecular weight excluding hydrogens is 361 g/mol. The van der Waals surface area contributed by atoms with E-state index in [-0.39, 0.29) is 5.92 Å². The second-order valence-corrected chi connectivity index (χ2v) is 6.58. The minimum Gasteiger partial charge on any atom is -0.493 e. The zero-order chi connectivity index (χ0) is 18.1. The standard InChI is InChI=1S/C19H19Cl2NO3/c1-10-7-12(11-5-6-13(20)14(21)8-11)17-15(22-10)9-16(23-2)18(24-3)19(17)25-4/h5-6,8-9,12,22H,1,7H2,2-4H3. The number of hydrogen-bond donors (Lipinski definition) is 1. The summed E-state index contributed by atoms with van der Waals surface area (Å²) < 4.78 is 16.7. The van der Waals surface area contributed by atoms with Gasteiger partial charge in [0.05, 0.1) is 31.4 Å². The topological polar surface area (TPSA) is 39.7 Å². The van der Waals surface area contributed by atoms with Crippen LogP contribution < -0.4 is 19.5 Å². The Morgan fingerprint density at radius 3 is 2.32 bits per heavy atom. The molecule has 0 bridgehead atoms. The second kappa shape index (κ2) is 7.06. The Kier molecular flexibility index (Phi) is 5.02. The average molecular weight is 380 g/mol. The van der Waals surface area contributed by atoms with E-state index in [1.54, 1.807) is 27.4 Å². The summed E-state index contributed by atoms with van der Waals surface area (Å²) in [6.07, 6.45) is 0.705. The largest absolute Gasteiger partial charge is 0.493 e. The van der Waals surface area contributed by atoms with Gasteiger partial charge in [0.2, 0.25) is 5.75 Å². The molecule has 0 radical (unpaired) electrons. The summed E-state index contributed by atoms with van der Waals surface area (Å²) in [5.41, 5.74) is 3.79. The Balaban J connectivity index is 2.25. The Morgan fingerprint density at radius 2 is 1.72 bits per heavy atom. The van der Waals surface area contributed by atoms with Gasteiger partial charge in [-0.15, -0.1) is 0 Å². The number of allylic oxidation sites excluding steroid dienone is 1. The van der Waals surface area contributed by atoms with Crippen molar-refractivity contribution in [1.82, 2.24) is 0 Å². The van der Waals surface area contributed by atoms with Gasteiger partial charge in [0.15, 0.2) is 11.5 Å². The van der Waals surface area contributed by atoms with Gasteiger partial charge in [-0.25, -0.2) is 0 Å². The summed E-state index contributed by atoms with van der Waals surface area (Å²) in [4.78, 5) is 0. The Labute approximate surface area is 157 Å². The van der Waals surface area contributed by atoms with E-state index in [4.69, 9.17) is 37.4 Å². The lowest BCUT2D eigenvalue weighted by molar-refractivity contribution is 0.321. The fourth-order valence-electron chi connectivity index (χ4n) is 3.23. The fraction of sp³-hybridized carbons (Fsp3) is 0.263. The third-order valence-corrected chi connectivity index (χ3v) is 5.06. The van der Waals surface area contributed by atoms with Crippen LogP contribution in [0.15, 0.2) is 36.5 Å². The van der Waals surface area contributed by atoms with Crippen molar-refractivity contribution in [3.8, 4) is 17.2 Å². The van der Waals surface area contributed by atoms with Gasteiger partial charge in [-0.1, -0.05) is 35.8 Å². The normalized spacial score (nSPS) is 16.0. The van der Waals surface area contributed by atoms with E-state index in [0.717, 1.165) is 22.5 Å². The fourth-order valence-corrected chi connectivity index (χ4v) is 3.54. The van der Waals surface area contributed by atoms with Gasteiger partial charge in [-0.2, -0.15) is 0 Å². The molecule has 2 aromatic rings. The number of nitrogens with one attached hydrogen (secondary N) is 1. The van der Waals surface area contributed by atoms with Crippen LogP contribution in [0.3, 0.4) is 0 Å². The highest BCUT2D eigenvalue weighted by Gasteiger charge is 2.31. The van der Waals surface area contributed by atoms with Crippen molar-refractivity contribution >= 4 is 28.9 Å². The van der Waals surface area contributed by atoms with E-state index in [2.05, 4.69) is 11.9 Å². The molecule has 3 rings (SSSR count). The van der Waals surface area contributed by atoms with E-state index in [0.29, 0.717) is 33.7 Å². The molecule has 0 aromatic heterocycles. The molecule has 132 valence electrons. The summed E-state index contributed by atoms with van der Waals surface area (Å²) in [5, 5.41) is 4.36. The van der Waals surface area contributed by atoms with Crippen LogP contribution >= 0.6 is 23.2 Å². The molecule has 0 aliphatic carbocycles. The number of anilines is 1. The van der Waals surface area contributed by atoms with Crippen LogP contribution in [0.25, 0.3) is 0 Å². The molecule has 1 unspecified atom stereocenters. The van der Waals surface area contributed by atoms with Gasteiger partial charge in [0.25, 0.3) is 0 Å². The maximum Gasteiger partial charge on any atom is 0.203 e. The molecule has 0 spiro atoms. The molecule has 25 heavy (non-hydrogen) atoms. The van der Waals surface area contributed by atoms with Crippen molar-refractivity contribution in [2.24, 2.45) is 0 Å². The Morgan fingerprint density at radius 1 is 1.00 bits per heavy atom. The molecule has 0 saturated heterocycles. The first-order valence-corrected chi connectivity index (χ1v) is 8.48. The number of hydrogen-bond acceptors (Lipinski definition) is 4. The highest BCUT2D eigenvalue weighted by atomic mass is 35.5. The minimum atomic E-state index is 0.00766. The zero-order valence-electron chi connectivity index (χ0n) is 14.3. The molecule has 2 aromatic carbocycles. The second-order valence-electron chi connectivity index (χ2n) is 5.77. The van der Waals surface area contributed by atoms with Crippen molar-refractivity contribution in [2.45, 2.75) is 12.3 Å². The molecule has 1 aliphatic rings. The first-order chi connectivity index (χ1) is 12.0. The summed E-state index contributed by atoms with van der Waals surface area (Å²) in [6, 6.07) is 7.55. The van der Waals surface area contributed by atoms with Crippen LogP contribution in [0.4, 0.5) is 5.69 Å². The first-order valence-electron chi connectivity index (χ1n) is 7.72. The number of benzene rings is 2. The summed E-state index contributed by atoms with van der Waals surface area (Å²) >= 11 is 12.3. The van der Waals surface area contributed by atoms with Gasteiger partial charge >= 0.3 is 0 Å².